The van der Waals surface area contributed by atoms with E-state index in [1.165, 1.54) is 5.56 Å². The number of carbonyl (C=O) groups is 1. The highest BCUT2D eigenvalue weighted by Crippen LogP contribution is 2.66. The molecule has 208 valence electrons. The molecule has 4 rings (SSSR count). The molecule has 11 heteroatoms. The summed E-state index contributed by atoms with van der Waals surface area (Å²) in [7, 11) is -6.80. The van der Waals surface area contributed by atoms with Crippen LogP contribution in [-0.2, 0) is 24.7 Å². The van der Waals surface area contributed by atoms with Crippen molar-refractivity contribution in [2.24, 2.45) is 22.5 Å². The van der Waals surface area contributed by atoms with Gasteiger partial charge in [-0.05, 0) is 55.6 Å². The normalized spacial score (nSPS) is 28.8. The van der Waals surface area contributed by atoms with Gasteiger partial charge >= 0.3 is 0 Å². The van der Waals surface area contributed by atoms with E-state index in [1.54, 1.807) is 4.31 Å². The first kappa shape index (κ1) is 28.3. The fraction of sp³-hybridized carbons (Fsp3) is 0.731. The third kappa shape index (κ3) is 5.55. The van der Waals surface area contributed by atoms with Gasteiger partial charge in [0.15, 0.2) is 0 Å². The van der Waals surface area contributed by atoms with Crippen molar-refractivity contribution in [3.05, 3.63) is 29.8 Å². The topological polar surface area (TPSA) is 130 Å². The Morgan fingerprint density at radius 2 is 1.78 bits per heavy atom. The summed E-state index contributed by atoms with van der Waals surface area (Å²) in [5, 5.41) is 3.05. The maximum atomic E-state index is 13.8. The highest BCUT2D eigenvalue weighted by molar-refractivity contribution is 7.90. The first-order valence-electron chi connectivity index (χ1n) is 13.2. The summed E-state index contributed by atoms with van der Waals surface area (Å²) >= 11 is 0. The highest BCUT2D eigenvalue weighted by Gasteiger charge is 2.65. The van der Waals surface area contributed by atoms with Crippen molar-refractivity contribution in [3.63, 3.8) is 0 Å². The maximum Gasteiger partial charge on any atom is 0.237 e. The Labute approximate surface area is 222 Å². The SMILES string of the molecule is Cc1ccccc1N1CCN(S(=O)(=O)CC23CCC(C[C@@H]2NC(=O)[C@@H](N)CCS(C)(=O)=O)C3(C)C)CC1. The Morgan fingerprint density at radius 3 is 2.38 bits per heavy atom. The summed E-state index contributed by atoms with van der Waals surface area (Å²) in [5.74, 6) is -0.245. The second-order valence-corrected chi connectivity index (χ2v) is 16.1. The Kier molecular flexibility index (Phi) is 7.75. The molecule has 1 aromatic rings. The average molecular weight is 555 g/mol. The minimum atomic E-state index is -3.57. The Balaban J connectivity index is 1.46. The summed E-state index contributed by atoms with van der Waals surface area (Å²) in [4.78, 5) is 15.2. The lowest BCUT2D eigenvalue weighted by molar-refractivity contribution is -0.124. The lowest BCUT2D eigenvalue weighted by atomic mass is 9.69. The van der Waals surface area contributed by atoms with Gasteiger partial charge in [0, 0.05) is 49.6 Å². The molecule has 0 spiro atoms. The van der Waals surface area contributed by atoms with Crippen LogP contribution in [0.5, 0.6) is 0 Å². The average Bonchev–Trinajstić information content (AvgIpc) is 3.17. The van der Waals surface area contributed by atoms with E-state index >= 15 is 0 Å². The molecule has 3 fully saturated rings. The standard InChI is InChI=1S/C26H42N4O5S2/c1-19-7-5-6-8-22(19)29-12-14-30(15-13-29)37(34,35)18-26-11-9-20(25(26,2)3)17-23(26)28-24(31)21(27)10-16-36(4,32)33/h5-8,20-21,23H,9-18,27H2,1-4H3,(H,28,31)/t20?,21-,23-,26?/m0/s1. The molecular weight excluding hydrogens is 512 g/mol. The van der Waals surface area contributed by atoms with Crippen LogP contribution < -0.4 is 16.0 Å². The highest BCUT2D eigenvalue weighted by atomic mass is 32.2. The molecule has 1 aromatic carbocycles. The monoisotopic (exact) mass is 554 g/mol. The van der Waals surface area contributed by atoms with Gasteiger partial charge in [-0.25, -0.2) is 16.8 Å². The molecule has 37 heavy (non-hydrogen) atoms. The number of hydrogen-bond acceptors (Lipinski definition) is 7. The van der Waals surface area contributed by atoms with Gasteiger partial charge in [-0.15, -0.1) is 0 Å². The van der Waals surface area contributed by atoms with Gasteiger partial charge < -0.3 is 16.0 Å². The van der Waals surface area contributed by atoms with Crippen LogP contribution in [0.15, 0.2) is 24.3 Å². The van der Waals surface area contributed by atoms with Gasteiger partial charge in [-0.1, -0.05) is 32.0 Å². The number of carbonyl (C=O) groups excluding carboxylic acids is 1. The van der Waals surface area contributed by atoms with Crippen molar-refractivity contribution in [3.8, 4) is 0 Å². The van der Waals surface area contributed by atoms with Crippen LogP contribution in [0.1, 0.15) is 45.1 Å². The summed E-state index contributed by atoms with van der Waals surface area (Å²) in [6.45, 7) is 8.47. The smallest absolute Gasteiger partial charge is 0.237 e. The van der Waals surface area contributed by atoms with Crippen molar-refractivity contribution in [2.45, 2.75) is 58.5 Å². The second-order valence-electron chi connectivity index (χ2n) is 11.9. The van der Waals surface area contributed by atoms with E-state index in [9.17, 15) is 21.6 Å². The Hall–Kier alpha value is -1.69. The van der Waals surface area contributed by atoms with E-state index in [0.29, 0.717) is 38.5 Å². The van der Waals surface area contributed by atoms with Crippen LogP contribution in [-0.4, -0.2) is 83.1 Å². The zero-order chi connectivity index (χ0) is 27.2. The number of rotatable bonds is 9. The van der Waals surface area contributed by atoms with E-state index in [-0.39, 0.29) is 29.4 Å². The lowest BCUT2D eigenvalue weighted by Gasteiger charge is -2.44. The first-order valence-corrected chi connectivity index (χ1v) is 16.9. The first-order chi connectivity index (χ1) is 17.2. The van der Waals surface area contributed by atoms with E-state index in [4.69, 9.17) is 5.73 Å². The quantitative estimate of drug-likeness (QED) is 0.473. The molecule has 2 saturated carbocycles. The largest absolute Gasteiger partial charge is 0.369 e. The lowest BCUT2D eigenvalue weighted by Crippen LogP contribution is -2.57. The van der Waals surface area contributed by atoms with Crippen molar-refractivity contribution in [1.82, 2.24) is 9.62 Å². The molecule has 3 N–H and O–H groups in total. The van der Waals surface area contributed by atoms with Gasteiger partial charge in [0.1, 0.15) is 9.84 Å². The summed E-state index contributed by atoms with van der Waals surface area (Å²) in [5.41, 5.74) is 7.50. The van der Waals surface area contributed by atoms with Crippen LogP contribution in [0.4, 0.5) is 5.69 Å². The van der Waals surface area contributed by atoms with Crippen LogP contribution in [0.3, 0.4) is 0 Å². The number of nitrogens with zero attached hydrogens (tertiary/aromatic N) is 2. The number of nitrogens with one attached hydrogen (secondary N) is 1. The number of benzene rings is 1. The Bertz CT molecular complexity index is 1230. The molecule has 2 bridgehead atoms. The predicted octanol–water partition coefficient (Wildman–Crippen LogP) is 1.52. The van der Waals surface area contributed by atoms with Gasteiger partial charge in [-0.2, -0.15) is 4.31 Å². The van der Waals surface area contributed by atoms with E-state index in [1.807, 2.05) is 12.1 Å². The molecule has 1 amide bonds. The number of aryl methyl sites for hydroxylation is 1. The molecule has 2 unspecified atom stereocenters. The number of fused-ring (bicyclic) bond motifs is 2. The van der Waals surface area contributed by atoms with Gasteiger partial charge in [0.25, 0.3) is 0 Å². The molecule has 0 aromatic heterocycles. The van der Waals surface area contributed by atoms with Gasteiger partial charge in [-0.3, -0.25) is 4.79 Å². The maximum absolute atomic E-state index is 13.8. The number of amides is 1. The van der Waals surface area contributed by atoms with Crippen LogP contribution in [0, 0.1) is 23.7 Å². The predicted molar refractivity (Wildman–Crippen MR) is 147 cm³/mol. The minimum Gasteiger partial charge on any atom is -0.369 e. The summed E-state index contributed by atoms with van der Waals surface area (Å²) in [6.07, 6.45) is 3.55. The van der Waals surface area contributed by atoms with Crippen LogP contribution in [0.2, 0.25) is 0 Å². The summed E-state index contributed by atoms with van der Waals surface area (Å²) < 4.78 is 52.2. The van der Waals surface area contributed by atoms with E-state index in [2.05, 4.69) is 43.1 Å². The third-order valence-electron chi connectivity index (χ3n) is 9.41. The fourth-order valence-corrected chi connectivity index (χ4v) is 9.87. The van der Waals surface area contributed by atoms with E-state index < -0.39 is 37.2 Å². The molecule has 1 heterocycles. The molecule has 3 aliphatic rings. The van der Waals surface area contributed by atoms with Gasteiger partial charge in [0.05, 0.1) is 17.5 Å². The molecule has 1 aliphatic heterocycles. The van der Waals surface area contributed by atoms with Crippen molar-refractivity contribution < 1.29 is 21.6 Å². The molecule has 9 nitrogen and oxygen atoms in total. The number of para-hydroxylation sites is 1. The number of sulfonamides is 1. The van der Waals surface area contributed by atoms with Crippen LogP contribution >= 0.6 is 0 Å². The van der Waals surface area contributed by atoms with Gasteiger partial charge in [0.2, 0.25) is 15.9 Å². The Morgan fingerprint density at radius 1 is 1.14 bits per heavy atom. The fourth-order valence-electron chi connectivity index (χ4n) is 6.92. The molecule has 2 aliphatic carbocycles. The number of sulfone groups is 1. The molecule has 1 saturated heterocycles. The molecule has 0 radical (unpaired) electrons. The number of hydrogen-bond donors (Lipinski definition) is 2. The van der Waals surface area contributed by atoms with Crippen LogP contribution in [0.25, 0.3) is 0 Å². The third-order valence-corrected chi connectivity index (χ3v) is 12.4. The zero-order valence-corrected chi connectivity index (χ0v) is 24.1. The van der Waals surface area contributed by atoms with Crippen molar-refractivity contribution in [2.75, 3.05) is 48.8 Å². The van der Waals surface area contributed by atoms with Crippen molar-refractivity contribution in [1.29, 1.82) is 0 Å². The number of piperazine rings is 1. The minimum absolute atomic E-state index is 0.00259. The molecule has 4 atom stereocenters. The summed E-state index contributed by atoms with van der Waals surface area (Å²) in [6, 6.07) is 6.90. The second kappa shape index (κ2) is 10.1. The van der Waals surface area contributed by atoms with Crippen molar-refractivity contribution >= 4 is 31.5 Å². The number of nitrogens with two attached hydrogens (primary N) is 1. The zero-order valence-electron chi connectivity index (χ0n) is 22.4. The molecular formula is C26H42N4O5S2. The van der Waals surface area contributed by atoms with E-state index in [0.717, 1.165) is 24.8 Å². The number of anilines is 1.